The maximum absolute atomic E-state index is 12.2. The smallest absolute Gasteiger partial charge is 0.332 e. The van der Waals surface area contributed by atoms with E-state index in [1.54, 1.807) is 18.2 Å². The normalized spacial score (nSPS) is 10.4. The van der Waals surface area contributed by atoms with E-state index in [2.05, 4.69) is 26.6 Å². The van der Waals surface area contributed by atoms with Gasteiger partial charge in [-0.1, -0.05) is 6.07 Å². The number of nitrogens with one attached hydrogen (secondary N) is 2. The van der Waals surface area contributed by atoms with Gasteiger partial charge in [0.2, 0.25) is 5.91 Å². The number of amides is 2. The number of halogens is 1. The molecule has 25 heavy (non-hydrogen) atoms. The third-order valence-corrected chi connectivity index (χ3v) is 4.22. The minimum absolute atomic E-state index is 0.00372. The summed E-state index contributed by atoms with van der Waals surface area (Å²) >= 11 is 3.01. The van der Waals surface area contributed by atoms with E-state index in [0.717, 1.165) is 9.13 Å². The van der Waals surface area contributed by atoms with Crippen LogP contribution in [0.3, 0.4) is 0 Å². The van der Waals surface area contributed by atoms with Crippen molar-refractivity contribution in [2.45, 2.75) is 6.54 Å². The highest BCUT2D eigenvalue weighted by Crippen LogP contribution is 2.12. The molecule has 132 valence electrons. The number of nitrogen functional groups attached to an aromatic ring is 1. The Morgan fingerprint density at radius 3 is 2.60 bits per heavy atom. The van der Waals surface area contributed by atoms with Crippen molar-refractivity contribution in [3.8, 4) is 0 Å². The van der Waals surface area contributed by atoms with E-state index in [4.69, 9.17) is 5.73 Å². The first-order valence-electron chi connectivity index (χ1n) is 7.13. The van der Waals surface area contributed by atoms with E-state index in [0.29, 0.717) is 11.3 Å². The summed E-state index contributed by atoms with van der Waals surface area (Å²) in [4.78, 5) is 48.0. The van der Waals surface area contributed by atoms with Gasteiger partial charge in [-0.05, 0) is 34.1 Å². The van der Waals surface area contributed by atoms with Crippen LogP contribution in [0.15, 0.2) is 38.3 Å². The average Bonchev–Trinajstić information content (AvgIpc) is 2.61. The number of rotatable bonds is 4. The Bertz CT molecular complexity index is 926. The second-order valence-electron chi connectivity index (χ2n) is 5.14. The zero-order valence-electron chi connectivity index (χ0n) is 13.5. The van der Waals surface area contributed by atoms with Crippen molar-refractivity contribution in [1.29, 1.82) is 0 Å². The zero-order valence-corrected chi connectivity index (χ0v) is 15.1. The van der Waals surface area contributed by atoms with E-state index >= 15 is 0 Å². The van der Waals surface area contributed by atoms with Crippen molar-refractivity contribution < 1.29 is 9.59 Å². The monoisotopic (exact) mass is 409 g/mol. The third-order valence-electron chi connectivity index (χ3n) is 3.47. The average molecular weight is 410 g/mol. The molecule has 0 atom stereocenters. The summed E-state index contributed by atoms with van der Waals surface area (Å²) in [5, 5.41) is 5.02. The molecule has 1 aromatic heterocycles. The largest absolute Gasteiger partial charge is 0.384 e. The van der Waals surface area contributed by atoms with Crippen LogP contribution >= 0.6 is 15.9 Å². The lowest BCUT2D eigenvalue weighted by atomic mass is 10.2. The van der Waals surface area contributed by atoms with E-state index < -0.39 is 23.7 Å². The number of nitrogens with zero attached hydrogens (tertiary/aromatic N) is 2. The Hall–Kier alpha value is -2.88. The van der Waals surface area contributed by atoms with Crippen LogP contribution in [0.4, 0.5) is 11.5 Å². The lowest BCUT2D eigenvalue weighted by Crippen LogP contribution is -2.43. The molecule has 0 saturated heterocycles. The van der Waals surface area contributed by atoms with Crippen LogP contribution < -0.4 is 27.6 Å². The molecule has 0 aliphatic rings. The molecule has 0 unspecified atom stereocenters. The number of anilines is 2. The number of carbonyl (C=O) groups excluding carboxylic acids is 2. The third kappa shape index (κ3) is 3.79. The fourth-order valence-electron chi connectivity index (χ4n) is 2.11. The van der Waals surface area contributed by atoms with Gasteiger partial charge >= 0.3 is 5.69 Å². The van der Waals surface area contributed by atoms with Crippen LogP contribution in [-0.4, -0.2) is 28.0 Å². The second kappa shape index (κ2) is 7.34. The summed E-state index contributed by atoms with van der Waals surface area (Å²) < 4.78 is 1.83. The van der Waals surface area contributed by atoms with Gasteiger partial charge in [0.25, 0.3) is 11.5 Å². The number of carbonyl (C=O) groups is 2. The summed E-state index contributed by atoms with van der Waals surface area (Å²) in [5.74, 6) is -0.918. The van der Waals surface area contributed by atoms with Crippen LogP contribution in [0, 0.1) is 0 Å². The molecular weight excluding hydrogens is 394 g/mol. The molecule has 4 N–H and O–H groups in total. The summed E-state index contributed by atoms with van der Waals surface area (Å²) in [6.07, 6.45) is 0. The van der Waals surface area contributed by atoms with E-state index in [1.165, 1.54) is 20.2 Å². The van der Waals surface area contributed by atoms with Crippen molar-refractivity contribution in [3.05, 3.63) is 55.1 Å². The Morgan fingerprint density at radius 1 is 1.28 bits per heavy atom. The molecule has 1 heterocycles. The van der Waals surface area contributed by atoms with Crippen molar-refractivity contribution in [2.24, 2.45) is 7.05 Å². The zero-order chi connectivity index (χ0) is 18.7. The summed E-state index contributed by atoms with van der Waals surface area (Å²) in [6.45, 7) is -0.491. The van der Waals surface area contributed by atoms with Crippen LogP contribution in [0.25, 0.3) is 0 Å². The van der Waals surface area contributed by atoms with Crippen LogP contribution in [0.1, 0.15) is 10.4 Å². The first kappa shape index (κ1) is 18.5. The van der Waals surface area contributed by atoms with Gasteiger partial charge in [-0.25, -0.2) is 9.36 Å². The predicted octanol–water partition coefficient (Wildman–Crippen LogP) is -0.110. The lowest BCUT2D eigenvalue weighted by molar-refractivity contribution is -0.116. The molecule has 9 nitrogen and oxygen atoms in total. The molecule has 0 spiro atoms. The van der Waals surface area contributed by atoms with E-state index in [1.807, 2.05) is 0 Å². The topological polar surface area (TPSA) is 128 Å². The van der Waals surface area contributed by atoms with Gasteiger partial charge in [0.15, 0.2) is 0 Å². The summed E-state index contributed by atoms with van der Waals surface area (Å²) in [5.41, 5.74) is 4.95. The van der Waals surface area contributed by atoms with Crippen LogP contribution in [0.5, 0.6) is 0 Å². The van der Waals surface area contributed by atoms with Gasteiger partial charge in [-0.3, -0.25) is 19.0 Å². The molecule has 0 fully saturated rings. The Morgan fingerprint density at radius 2 is 1.96 bits per heavy atom. The predicted molar refractivity (Wildman–Crippen MR) is 96.5 cm³/mol. The Kier molecular flexibility index (Phi) is 5.42. The molecule has 0 radical (unpaired) electrons. The number of nitrogens with two attached hydrogens (primary N) is 1. The molecular formula is C15H16BrN5O4. The van der Waals surface area contributed by atoms with Gasteiger partial charge in [0.1, 0.15) is 16.8 Å². The maximum atomic E-state index is 12.2. The quantitative estimate of drug-likeness (QED) is 0.648. The first-order chi connectivity index (χ1) is 11.8. The highest BCUT2D eigenvalue weighted by molar-refractivity contribution is 9.10. The Labute approximate surface area is 150 Å². The first-order valence-corrected chi connectivity index (χ1v) is 7.92. The molecule has 1 aromatic carbocycles. The van der Waals surface area contributed by atoms with Crippen molar-refractivity contribution >= 4 is 39.2 Å². The molecule has 0 aliphatic heterocycles. The molecule has 0 saturated carbocycles. The molecule has 0 bridgehead atoms. The molecule has 2 rings (SSSR count). The summed E-state index contributed by atoms with van der Waals surface area (Å²) in [6, 6.07) is 6.26. The fraction of sp³-hybridized carbons (Fsp3) is 0.200. The number of aromatic nitrogens is 2. The van der Waals surface area contributed by atoms with Gasteiger partial charge < -0.3 is 16.4 Å². The molecule has 0 aliphatic carbocycles. The molecule has 2 aromatic rings. The summed E-state index contributed by atoms with van der Waals surface area (Å²) in [7, 11) is 2.89. The van der Waals surface area contributed by atoms with E-state index in [9.17, 15) is 19.2 Å². The lowest BCUT2D eigenvalue weighted by Gasteiger charge is -2.11. The second-order valence-corrected chi connectivity index (χ2v) is 5.93. The van der Waals surface area contributed by atoms with Gasteiger partial charge in [0, 0.05) is 25.3 Å². The van der Waals surface area contributed by atoms with Crippen LogP contribution in [-0.2, 0) is 18.4 Å². The number of benzene rings is 1. The highest BCUT2D eigenvalue weighted by atomic mass is 79.9. The van der Waals surface area contributed by atoms with Crippen LogP contribution in [0.2, 0.25) is 0 Å². The number of hydrogen-bond donors (Lipinski definition) is 3. The van der Waals surface area contributed by atoms with Crippen molar-refractivity contribution in [2.75, 3.05) is 18.1 Å². The minimum Gasteiger partial charge on any atom is -0.384 e. The Balaban J connectivity index is 2.27. The minimum atomic E-state index is -0.708. The molecule has 10 heteroatoms. The molecule has 2 amide bonds. The highest BCUT2D eigenvalue weighted by Gasteiger charge is 2.16. The standard InChI is InChI=1S/C15H16BrN5O4/c1-18-13(23)8-4-3-5-9(6-8)19-10(22)7-21-14(24)11(16)12(17)20(2)15(21)25/h3-6H,7,17H2,1-2H3,(H,18,23)(H,19,22). The van der Waals surface area contributed by atoms with Gasteiger partial charge in [-0.15, -0.1) is 0 Å². The van der Waals surface area contributed by atoms with E-state index in [-0.39, 0.29) is 16.2 Å². The van der Waals surface area contributed by atoms with Crippen molar-refractivity contribution in [3.63, 3.8) is 0 Å². The number of hydrogen-bond acceptors (Lipinski definition) is 5. The van der Waals surface area contributed by atoms with Gasteiger partial charge in [0.05, 0.1) is 0 Å². The maximum Gasteiger partial charge on any atom is 0.332 e. The van der Waals surface area contributed by atoms with Gasteiger partial charge in [-0.2, -0.15) is 0 Å². The fourth-order valence-corrected chi connectivity index (χ4v) is 2.59. The SMILES string of the molecule is CNC(=O)c1cccc(NC(=O)Cn2c(=O)c(Br)c(N)n(C)c2=O)c1. The van der Waals surface area contributed by atoms with Crippen molar-refractivity contribution in [1.82, 2.24) is 14.5 Å².